The first-order valence-electron chi connectivity index (χ1n) is 22.5. The number of rotatable bonds is 4. The van der Waals surface area contributed by atoms with Crippen LogP contribution in [0.4, 0.5) is 0 Å². The van der Waals surface area contributed by atoms with Crippen LogP contribution in [0.2, 0.25) is 0 Å². The summed E-state index contributed by atoms with van der Waals surface area (Å²) in [7, 11) is 0. The molecule has 0 fully saturated rings. The monoisotopic (exact) mass is 823 g/mol. The smallest absolute Gasteiger partial charge is 0.0620 e. The third kappa shape index (κ3) is 4.68. The van der Waals surface area contributed by atoms with E-state index in [1.54, 1.807) is 0 Å². The molecular formula is C62H37N3. The maximum absolute atomic E-state index is 2.58. The van der Waals surface area contributed by atoms with Crippen LogP contribution in [-0.2, 0) is 0 Å². The molecule has 0 amide bonds. The third-order valence-electron chi connectivity index (χ3n) is 14.3. The lowest BCUT2D eigenvalue weighted by atomic mass is 9.90. The van der Waals surface area contributed by atoms with Gasteiger partial charge in [-0.15, -0.1) is 0 Å². The van der Waals surface area contributed by atoms with Gasteiger partial charge in [-0.3, -0.25) is 0 Å². The fraction of sp³-hybridized carbons (Fsp3) is 0. The zero-order valence-electron chi connectivity index (χ0n) is 35.2. The number of benzene rings is 11. The quantitative estimate of drug-likeness (QED) is 0.168. The van der Waals surface area contributed by atoms with Crippen LogP contribution in [-0.4, -0.2) is 13.5 Å². The molecule has 65 heavy (non-hydrogen) atoms. The molecule has 0 radical (unpaired) electrons. The Morgan fingerprint density at radius 2 is 0.631 bits per heavy atom. The summed E-state index contributed by atoms with van der Waals surface area (Å²) in [4.78, 5) is 0. The van der Waals surface area contributed by atoms with Crippen molar-refractivity contribution in [2.24, 2.45) is 0 Å². The molecule has 0 N–H and O–H groups in total. The van der Waals surface area contributed by atoms with E-state index in [0.717, 1.165) is 0 Å². The molecule has 3 nitrogen and oxygen atoms in total. The number of fused-ring (bicyclic) bond motifs is 14. The van der Waals surface area contributed by atoms with E-state index in [4.69, 9.17) is 0 Å². The molecule has 0 aliphatic carbocycles. The number of para-hydroxylation sites is 5. The van der Waals surface area contributed by atoms with Gasteiger partial charge >= 0.3 is 0 Å². The first-order valence-corrected chi connectivity index (χ1v) is 22.5. The highest BCUT2D eigenvalue weighted by atomic mass is 15.0. The van der Waals surface area contributed by atoms with Gasteiger partial charge in [0, 0.05) is 54.5 Å². The summed E-state index contributed by atoms with van der Waals surface area (Å²) in [5.74, 6) is 0. The molecule has 4 heterocycles. The maximum atomic E-state index is 2.58. The Labute approximate surface area is 373 Å². The Morgan fingerprint density at radius 3 is 1.11 bits per heavy atom. The average Bonchev–Trinajstić information content (AvgIpc) is 4.09. The predicted molar refractivity (Wildman–Crippen MR) is 276 cm³/mol. The fourth-order valence-electron chi connectivity index (χ4n) is 11.7. The van der Waals surface area contributed by atoms with Crippen molar-refractivity contribution in [2.45, 2.75) is 0 Å². The molecule has 0 saturated heterocycles. The Bertz CT molecular complexity index is 4170. The maximum Gasteiger partial charge on any atom is 0.0620 e. The third-order valence-corrected chi connectivity index (χ3v) is 14.3. The molecule has 0 saturated carbocycles. The van der Waals surface area contributed by atoms with Gasteiger partial charge in [0.15, 0.2) is 0 Å². The Hall–Kier alpha value is -8.66. The molecule has 0 aliphatic rings. The van der Waals surface area contributed by atoms with Gasteiger partial charge < -0.3 is 13.5 Å². The van der Waals surface area contributed by atoms with Crippen LogP contribution >= 0.6 is 0 Å². The van der Waals surface area contributed by atoms with Crippen molar-refractivity contribution >= 4 is 103 Å². The Kier molecular flexibility index (Phi) is 6.95. The molecule has 0 atom stereocenters. The number of aromatic nitrogens is 3. The number of hydrogen-bond donors (Lipinski definition) is 0. The summed E-state index contributed by atoms with van der Waals surface area (Å²) in [6.07, 6.45) is 0. The van der Waals surface area contributed by atoms with Crippen LogP contribution in [0.15, 0.2) is 224 Å². The molecule has 0 unspecified atom stereocenters. The SMILES string of the molecule is c1ccc(-n2c3ccccc3c3cc(-c4c5ccccc5cc5c4c4cccc6c7c(-c8ccc9c(c8)c8ccccc8n9-c8ccccc8)c8ccccc8cc7n5c46)ccc32)cc1. The molecule has 300 valence electrons. The van der Waals surface area contributed by atoms with Crippen LogP contribution in [0.1, 0.15) is 0 Å². The van der Waals surface area contributed by atoms with E-state index >= 15 is 0 Å². The van der Waals surface area contributed by atoms with Crippen molar-refractivity contribution in [3.63, 3.8) is 0 Å². The average molecular weight is 824 g/mol. The van der Waals surface area contributed by atoms with Crippen LogP contribution in [0, 0.1) is 0 Å². The van der Waals surface area contributed by atoms with Gasteiger partial charge in [0.25, 0.3) is 0 Å². The van der Waals surface area contributed by atoms with Gasteiger partial charge in [-0.05, 0) is 117 Å². The second-order valence-electron chi connectivity index (χ2n) is 17.6. The first-order chi connectivity index (χ1) is 32.3. The van der Waals surface area contributed by atoms with Crippen LogP contribution < -0.4 is 0 Å². The van der Waals surface area contributed by atoms with Gasteiger partial charge in [-0.25, -0.2) is 0 Å². The molecule has 0 bridgehead atoms. The zero-order chi connectivity index (χ0) is 42.3. The van der Waals surface area contributed by atoms with Crippen LogP contribution in [0.5, 0.6) is 0 Å². The van der Waals surface area contributed by atoms with E-state index in [1.165, 1.54) is 137 Å². The van der Waals surface area contributed by atoms with E-state index in [1.807, 2.05) is 0 Å². The molecule has 15 aromatic rings. The highest BCUT2D eigenvalue weighted by Gasteiger charge is 2.26. The van der Waals surface area contributed by atoms with Crippen molar-refractivity contribution in [3.8, 4) is 33.6 Å². The summed E-state index contributed by atoms with van der Waals surface area (Å²) in [5.41, 5.74) is 15.9. The van der Waals surface area contributed by atoms with Crippen molar-refractivity contribution in [2.75, 3.05) is 0 Å². The highest BCUT2D eigenvalue weighted by Crippen LogP contribution is 2.50. The van der Waals surface area contributed by atoms with Crippen LogP contribution in [0.25, 0.3) is 137 Å². The predicted octanol–water partition coefficient (Wildman–Crippen LogP) is 16.7. The molecular weight excluding hydrogens is 787 g/mol. The molecule has 15 rings (SSSR count). The summed E-state index contributed by atoms with van der Waals surface area (Å²) >= 11 is 0. The largest absolute Gasteiger partial charge is 0.309 e. The Morgan fingerprint density at radius 1 is 0.246 bits per heavy atom. The number of hydrogen-bond acceptors (Lipinski definition) is 0. The van der Waals surface area contributed by atoms with Gasteiger partial charge in [-0.1, -0.05) is 152 Å². The lowest BCUT2D eigenvalue weighted by Gasteiger charge is -2.14. The number of nitrogens with zero attached hydrogens (tertiary/aromatic N) is 3. The highest BCUT2D eigenvalue weighted by molar-refractivity contribution is 6.33. The van der Waals surface area contributed by atoms with Crippen molar-refractivity contribution in [1.29, 1.82) is 0 Å². The molecule has 0 aliphatic heterocycles. The summed E-state index contributed by atoms with van der Waals surface area (Å²) in [6, 6.07) is 83.2. The second-order valence-corrected chi connectivity index (χ2v) is 17.6. The van der Waals surface area contributed by atoms with Gasteiger partial charge in [0.2, 0.25) is 0 Å². The minimum Gasteiger partial charge on any atom is -0.309 e. The lowest BCUT2D eigenvalue weighted by Crippen LogP contribution is -1.93. The van der Waals surface area contributed by atoms with E-state index in [-0.39, 0.29) is 0 Å². The minimum atomic E-state index is 1.17. The Balaban J connectivity index is 1.05. The summed E-state index contributed by atoms with van der Waals surface area (Å²) in [5, 5.41) is 15.2. The van der Waals surface area contributed by atoms with Crippen molar-refractivity contribution in [1.82, 2.24) is 13.5 Å². The summed E-state index contributed by atoms with van der Waals surface area (Å²) < 4.78 is 7.39. The fourth-order valence-corrected chi connectivity index (χ4v) is 11.7. The van der Waals surface area contributed by atoms with Crippen molar-refractivity contribution < 1.29 is 0 Å². The molecule has 0 spiro atoms. The summed E-state index contributed by atoms with van der Waals surface area (Å²) in [6.45, 7) is 0. The van der Waals surface area contributed by atoms with Gasteiger partial charge in [0.05, 0.1) is 38.6 Å². The molecule has 11 aromatic carbocycles. The normalized spacial score (nSPS) is 12.3. The van der Waals surface area contributed by atoms with E-state index in [2.05, 4.69) is 238 Å². The molecule has 4 aromatic heterocycles. The zero-order valence-corrected chi connectivity index (χ0v) is 35.2. The lowest BCUT2D eigenvalue weighted by molar-refractivity contribution is 1.18. The minimum absolute atomic E-state index is 1.17. The van der Waals surface area contributed by atoms with E-state index in [0.29, 0.717) is 0 Å². The van der Waals surface area contributed by atoms with Gasteiger partial charge in [0.1, 0.15) is 0 Å². The van der Waals surface area contributed by atoms with Crippen LogP contribution in [0.3, 0.4) is 0 Å². The molecule has 3 heteroatoms. The van der Waals surface area contributed by atoms with Gasteiger partial charge in [-0.2, -0.15) is 0 Å². The van der Waals surface area contributed by atoms with E-state index < -0.39 is 0 Å². The van der Waals surface area contributed by atoms with E-state index in [9.17, 15) is 0 Å². The topological polar surface area (TPSA) is 14.3 Å². The standard InChI is InChI=1S/C62H37N3/c1-3-18-42(19-4-1)63-52-28-13-11-24-46(52)50-34-40(30-32-54(50)63)58-44-22-9-7-16-38(44)36-56-60(58)48-26-15-27-49-61-57(65(56)62(48)49)37-39-17-8-10-23-45(39)59(61)41-31-33-55-51(35-41)47-25-12-14-29-53(47)64(55)43-20-5-2-6-21-43/h1-37H. The van der Waals surface area contributed by atoms with Crippen molar-refractivity contribution in [3.05, 3.63) is 224 Å². The second kappa shape index (κ2) is 12.9. The first kappa shape index (κ1) is 34.9.